The smallest absolute Gasteiger partial charge is 0.221 e. The first-order valence-corrected chi connectivity index (χ1v) is 7.87. The average molecular weight is 257 g/mol. The van der Waals surface area contributed by atoms with Crippen LogP contribution in [0.1, 0.15) is 32.6 Å². The summed E-state index contributed by atoms with van der Waals surface area (Å²) in [6.45, 7) is 2.30. The summed E-state index contributed by atoms with van der Waals surface area (Å²) in [5, 5.41) is 13.0. The zero-order valence-electron chi connectivity index (χ0n) is 10.7. The van der Waals surface area contributed by atoms with Crippen LogP contribution in [0.4, 0.5) is 0 Å². The summed E-state index contributed by atoms with van der Waals surface area (Å²) in [4.78, 5) is 11.9. The highest BCUT2D eigenvalue weighted by Gasteiger charge is 2.47. The van der Waals surface area contributed by atoms with E-state index in [9.17, 15) is 9.90 Å². The maximum atomic E-state index is 11.9. The molecule has 0 heterocycles. The van der Waals surface area contributed by atoms with Crippen molar-refractivity contribution in [3.63, 3.8) is 0 Å². The third kappa shape index (κ3) is 2.79. The van der Waals surface area contributed by atoms with E-state index < -0.39 is 0 Å². The molecule has 0 aliphatic heterocycles. The summed E-state index contributed by atoms with van der Waals surface area (Å²) in [6, 6.07) is 0.236. The van der Waals surface area contributed by atoms with E-state index in [1.807, 2.05) is 6.26 Å². The molecule has 17 heavy (non-hydrogen) atoms. The molecule has 0 spiro atoms. The molecule has 2 N–H and O–H groups in total. The number of carbonyl (C=O) groups is 1. The third-order valence-electron chi connectivity index (χ3n) is 4.50. The number of aliphatic hydroxyl groups excluding tert-OH is 1. The molecule has 2 fully saturated rings. The summed E-state index contributed by atoms with van der Waals surface area (Å²) in [6.07, 6.45) is 6.29. The van der Waals surface area contributed by atoms with E-state index in [2.05, 4.69) is 12.2 Å². The van der Waals surface area contributed by atoms with Gasteiger partial charge in [-0.15, -0.1) is 0 Å². The number of hydrogen-bond acceptors (Lipinski definition) is 3. The second kappa shape index (κ2) is 5.61. The fraction of sp³-hybridized carbons (Fsp3) is 0.923. The lowest BCUT2D eigenvalue weighted by Crippen LogP contribution is -2.45. The number of nitrogens with one attached hydrogen (secondary N) is 1. The molecule has 2 aliphatic rings. The molecule has 5 unspecified atom stereocenters. The second-order valence-electron chi connectivity index (χ2n) is 5.52. The maximum absolute atomic E-state index is 11.9. The van der Waals surface area contributed by atoms with E-state index in [-0.39, 0.29) is 18.6 Å². The molecule has 3 nitrogen and oxygen atoms in total. The number of rotatable bonds is 5. The van der Waals surface area contributed by atoms with Gasteiger partial charge in [-0.1, -0.05) is 6.92 Å². The summed E-state index contributed by atoms with van der Waals surface area (Å²) in [5.41, 5.74) is 0. The topological polar surface area (TPSA) is 49.3 Å². The Kier molecular flexibility index (Phi) is 4.36. The van der Waals surface area contributed by atoms with Gasteiger partial charge in [0.05, 0.1) is 0 Å². The first kappa shape index (κ1) is 13.2. The quantitative estimate of drug-likeness (QED) is 0.787. The number of thioether (sulfide) groups is 1. The number of aliphatic hydroxyl groups is 1. The van der Waals surface area contributed by atoms with Crippen molar-refractivity contribution in [2.75, 3.05) is 12.9 Å². The van der Waals surface area contributed by atoms with Crippen molar-refractivity contribution in [3.8, 4) is 0 Å². The van der Waals surface area contributed by atoms with Crippen molar-refractivity contribution < 1.29 is 9.90 Å². The maximum Gasteiger partial charge on any atom is 0.221 e. The predicted octanol–water partition coefficient (Wildman–Crippen LogP) is 1.65. The Morgan fingerprint density at radius 2 is 2.18 bits per heavy atom. The summed E-state index contributed by atoms with van der Waals surface area (Å²) in [7, 11) is 0. The number of amides is 1. The van der Waals surface area contributed by atoms with Crippen molar-refractivity contribution in [3.05, 3.63) is 0 Å². The van der Waals surface area contributed by atoms with Gasteiger partial charge >= 0.3 is 0 Å². The van der Waals surface area contributed by atoms with E-state index in [0.717, 1.165) is 0 Å². The van der Waals surface area contributed by atoms with E-state index in [4.69, 9.17) is 0 Å². The van der Waals surface area contributed by atoms with Crippen LogP contribution in [0.3, 0.4) is 0 Å². The van der Waals surface area contributed by atoms with Crippen LogP contribution < -0.4 is 5.32 Å². The third-order valence-corrected chi connectivity index (χ3v) is 5.47. The molecule has 0 aromatic rings. The molecule has 4 heteroatoms. The van der Waals surface area contributed by atoms with Crippen molar-refractivity contribution >= 4 is 17.7 Å². The second-order valence-corrected chi connectivity index (χ2v) is 6.80. The Bertz CT molecular complexity index is 285. The standard InChI is InChI=1S/C13H23NO2S/c1-8(17-2)5-12(16)14-13-10-4-3-9(6-10)11(13)7-15/h8-11,13,15H,3-7H2,1-2H3,(H,14,16). The fourth-order valence-corrected chi connectivity index (χ4v) is 3.81. The summed E-state index contributed by atoms with van der Waals surface area (Å²) < 4.78 is 0. The highest BCUT2D eigenvalue weighted by Crippen LogP contribution is 2.48. The minimum absolute atomic E-state index is 0.155. The van der Waals surface area contributed by atoms with Gasteiger partial charge in [-0.05, 0) is 37.4 Å². The van der Waals surface area contributed by atoms with Crippen molar-refractivity contribution in [1.82, 2.24) is 5.32 Å². The van der Waals surface area contributed by atoms with Crippen molar-refractivity contribution in [2.24, 2.45) is 17.8 Å². The van der Waals surface area contributed by atoms with E-state index in [1.54, 1.807) is 11.8 Å². The van der Waals surface area contributed by atoms with Crippen LogP contribution in [-0.2, 0) is 4.79 Å². The Morgan fingerprint density at radius 1 is 1.47 bits per heavy atom. The minimum Gasteiger partial charge on any atom is -0.396 e. The van der Waals surface area contributed by atoms with Crippen LogP contribution in [0.25, 0.3) is 0 Å². The van der Waals surface area contributed by atoms with Gasteiger partial charge in [0, 0.05) is 30.2 Å². The molecule has 1 amide bonds. The lowest BCUT2D eigenvalue weighted by molar-refractivity contribution is -0.122. The zero-order chi connectivity index (χ0) is 12.4. The van der Waals surface area contributed by atoms with Crippen LogP contribution in [-0.4, -0.2) is 35.2 Å². The van der Waals surface area contributed by atoms with Gasteiger partial charge in [0.1, 0.15) is 0 Å². The lowest BCUT2D eigenvalue weighted by Gasteiger charge is -2.30. The minimum atomic E-state index is 0.155. The van der Waals surface area contributed by atoms with Gasteiger partial charge in [0.25, 0.3) is 0 Å². The molecule has 0 aromatic heterocycles. The normalized spacial score (nSPS) is 37.1. The van der Waals surface area contributed by atoms with Crippen molar-refractivity contribution in [2.45, 2.75) is 43.9 Å². The van der Waals surface area contributed by atoms with Gasteiger partial charge in [-0.2, -0.15) is 11.8 Å². The van der Waals surface area contributed by atoms with E-state index >= 15 is 0 Å². The number of hydrogen-bond donors (Lipinski definition) is 2. The zero-order valence-corrected chi connectivity index (χ0v) is 11.5. The van der Waals surface area contributed by atoms with Gasteiger partial charge < -0.3 is 10.4 Å². The van der Waals surface area contributed by atoms with Crippen LogP contribution in [0.2, 0.25) is 0 Å². The van der Waals surface area contributed by atoms with Gasteiger partial charge in [0.2, 0.25) is 5.91 Å². The molecule has 2 bridgehead atoms. The Balaban J connectivity index is 1.87. The molecule has 2 saturated carbocycles. The Morgan fingerprint density at radius 3 is 2.82 bits per heavy atom. The molecule has 2 aliphatic carbocycles. The van der Waals surface area contributed by atoms with Crippen LogP contribution in [0.5, 0.6) is 0 Å². The highest BCUT2D eigenvalue weighted by atomic mass is 32.2. The summed E-state index contributed by atoms with van der Waals surface area (Å²) >= 11 is 1.72. The predicted molar refractivity (Wildman–Crippen MR) is 70.9 cm³/mol. The van der Waals surface area contributed by atoms with Crippen molar-refractivity contribution in [1.29, 1.82) is 0 Å². The van der Waals surface area contributed by atoms with E-state index in [0.29, 0.717) is 29.4 Å². The van der Waals surface area contributed by atoms with Crippen LogP contribution >= 0.6 is 11.8 Å². The molecule has 98 valence electrons. The molecule has 0 aromatic carbocycles. The first-order valence-electron chi connectivity index (χ1n) is 6.58. The average Bonchev–Trinajstić information content (AvgIpc) is 2.89. The number of carbonyl (C=O) groups excluding carboxylic acids is 1. The van der Waals surface area contributed by atoms with Crippen LogP contribution in [0, 0.1) is 17.8 Å². The molecular weight excluding hydrogens is 234 g/mol. The van der Waals surface area contributed by atoms with E-state index in [1.165, 1.54) is 19.3 Å². The largest absolute Gasteiger partial charge is 0.396 e. The monoisotopic (exact) mass is 257 g/mol. The fourth-order valence-electron chi connectivity index (χ4n) is 3.49. The molecule has 0 saturated heterocycles. The molecular formula is C13H23NO2S. The molecule has 2 rings (SSSR count). The first-order chi connectivity index (χ1) is 8.15. The van der Waals surface area contributed by atoms with Gasteiger partial charge in [-0.3, -0.25) is 4.79 Å². The Labute approximate surface area is 108 Å². The highest BCUT2D eigenvalue weighted by molar-refractivity contribution is 7.99. The van der Waals surface area contributed by atoms with Crippen LogP contribution in [0.15, 0.2) is 0 Å². The van der Waals surface area contributed by atoms with Gasteiger partial charge in [0.15, 0.2) is 0 Å². The summed E-state index contributed by atoms with van der Waals surface area (Å²) in [5.74, 6) is 1.73. The lowest BCUT2D eigenvalue weighted by atomic mass is 9.85. The Hall–Kier alpha value is -0.220. The molecule has 0 radical (unpaired) electrons. The van der Waals surface area contributed by atoms with Gasteiger partial charge in [-0.25, -0.2) is 0 Å². The number of fused-ring (bicyclic) bond motifs is 2. The SMILES string of the molecule is CSC(C)CC(=O)NC1C2CCC(C2)C1CO. The molecule has 5 atom stereocenters.